The molecule has 0 heterocycles. The van der Waals surface area contributed by atoms with Crippen LogP contribution in [0.5, 0.6) is 0 Å². The molecule has 0 spiro atoms. The van der Waals surface area contributed by atoms with Crippen molar-refractivity contribution >= 4 is 29.6 Å². The number of ether oxygens (including phenoxy) is 1. The molecule has 1 amide bonds. The number of alkyl halides is 3. The minimum absolute atomic E-state index is 0.0111. The van der Waals surface area contributed by atoms with Crippen molar-refractivity contribution in [2.24, 2.45) is 0 Å². The fourth-order valence-electron chi connectivity index (χ4n) is 2.04. The van der Waals surface area contributed by atoms with E-state index in [9.17, 15) is 22.8 Å². The van der Waals surface area contributed by atoms with Crippen molar-refractivity contribution in [2.45, 2.75) is 12.7 Å². The maximum atomic E-state index is 12.7. The first-order valence-electron chi connectivity index (χ1n) is 7.78. The van der Waals surface area contributed by atoms with Gasteiger partial charge in [-0.15, -0.1) is 0 Å². The first-order valence-corrected chi connectivity index (χ1v) is 8.16. The van der Waals surface area contributed by atoms with Gasteiger partial charge in [-0.05, 0) is 35.4 Å². The van der Waals surface area contributed by atoms with E-state index in [1.54, 1.807) is 0 Å². The normalized spacial score (nSPS) is 11.4. The Balaban J connectivity index is 1.85. The van der Waals surface area contributed by atoms with E-state index < -0.39 is 30.2 Å². The Hall–Kier alpha value is -2.80. The average Bonchev–Trinajstić information content (AvgIpc) is 2.64. The maximum Gasteiger partial charge on any atom is 0.416 e. The summed E-state index contributed by atoms with van der Waals surface area (Å²) in [5, 5.41) is 2.62. The number of nitrogens with one attached hydrogen (secondary N) is 1. The number of carbonyl (C=O) groups is 2. The lowest BCUT2D eigenvalue weighted by atomic mass is 10.1. The van der Waals surface area contributed by atoms with Gasteiger partial charge in [0.05, 0.1) is 5.56 Å². The first kappa shape index (κ1) is 20.5. The van der Waals surface area contributed by atoms with Crippen LogP contribution in [0, 0.1) is 0 Å². The number of carbonyl (C=O) groups excluding carboxylic acids is 2. The minimum Gasteiger partial charge on any atom is -0.452 e. The summed E-state index contributed by atoms with van der Waals surface area (Å²) in [7, 11) is 0. The number of rotatable bonds is 6. The molecular formula is C19H15ClF3NO3. The Morgan fingerprint density at radius 2 is 1.81 bits per heavy atom. The van der Waals surface area contributed by atoms with Gasteiger partial charge in [0, 0.05) is 17.6 Å². The fraction of sp³-hybridized carbons (Fsp3) is 0.158. The van der Waals surface area contributed by atoms with Gasteiger partial charge >= 0.3 is 12.1 Å². The summed E-state index contributed by atoms with van der Waals surface area (Å²) >= 11 is 5.82. The van der Waals surface area contributed by atoms with Gasteiger partial charge in [0.15, 0.2) is 6.61 Å². The van der Waals surface area contributed by atoms with Crippen LogP contribution in [0.1, 0.15) is 16.7 Å². The Bertz CT molecular complexity index is 836. The van der Waals surface area contributed by atoms with Gasteiger partial charge in [0.2, 0.25) is 0 Å². The molecule has 0 aliphatic rings. The summed E-state index contributed by atoms with van der Waals surface area (Å²) in [6.07, 6.45) is -2.52. The van der Waals surface area contributed by atoms with Crippen molar-refractivity contribution in [2.75, 3.05) is 6.61 Å². The number of hydrogen-bond donors (Lipinski definition) is 1. The molecule has 4 nitrogen and oxygen atoms in total. The van der Waals surface area contributed by atoms with Gasteiger partial charge < -0.3 is 10.1 Å². The molecule has 1 N–H and O–H groups in total. The van der Waals surface area contributed by atoms with E-state index in [-0.39, 0.29) is 17.1 Å². The molecule has 0 saturated heterocycles. The van der Waals surface area contributed by atoms with Crippen molar-refractivity contribution in [3.63, 3.8) is 0 Å². The van der Waals surface area contributed by atoms with Crippen LogP contribution in [0.2, 0.25) is 5.02 Å². The van der Waals surface area contributed by atoms with Crippen LogP contribution in [0.15, 0.2) is 54.6 Å². The predicted octanol–water partition coefficient (Wildman–Crippen LogP) is 4.23. The maximum absolute atomic E-state index is 12.7. The average molecular weight is 398 g/mol. The second-order valence-electron chi connectivity index (χ2n) is 5.44. The lowest BCUT2D eigenvalue weighted by Gasteiger charge is -2.08. The number of halogens is 4. The largest absolute Gasteiger partial charge is 0.452 e. The molecule has 8 heteroatoms. The minimum atomic E-state index is -4.52. The molecule has 0 aliphatic carbocycles. The number of benzene rings is 2. The van der Waals surface area contributed by atoms with E-state index in [2.05, 4.69) is 5.32 Å². The molecule has 0 radical (unpaired) electrons. The summed E-state index contributed by atoms with van der Waals surface area (Å²) in [6.45, 7) is -0.223. The van der Waals surface area contributed by atoms with Crippen LogP contribution in [0.4, 0.5) is 13.2 Å². The van der Waals surface area contributed by atoms with Gasteiger partial charge in [-0.1, -0.05) is 41.9 Å². The van der Waals surface area contributed by atoms with E-state index >= 15 is 0 Å². The van der Waals surface area contributed by atoms with E-state index in [1.165, 1.54) is 0 Å². The Morgan fingerprint density at radius 3 is 2.48 bits per heavy atom. The Kier molecular flexibility index (Phi) is 7.01. The van der Waals surface area contributed by atoms with Crippen molar-refractivity contribution in [3.8, 4) is 0 Å². The molecule has 0 fully saturated rings. The molecule has 142 valence electrons. The highest BCUT2D eigenvalue weighted by Crippen LogP contribution is 2.32. The van der Waals surface area contributed by atoms with E-state index in [0.29, 0.717) is 0 Å². The van der Waals surface area contributed by atoms with Gasteiger partial charge in [0.25, 0.3) is 5.91 Å². The number of amides is 1. The molecule has 0 atom stereocenters. The highest BCUT2D eigenvalue weighted by molar-refractivity contribution is 6.32. The molecule has 0 bridgehead atoms. The van der Waals surface area contributed by atoms with Gasteiger partial charge in [-0.25, -0.2) is 4.79 Å². The topological polar surface area (TPSA) is 55.4 Å². The van der Waals surface area contributed by atoms with Crippen LogP contribution >= 0.6 is 11.6 Å². The summed E-state index contributed by atoms with van der Waals surface area (Å²) < 4.78 is 42.8. The SMILES string of the molecule is O=C(COC(=O)/C=C/c1cc(C(F)(F)F)ccc1Cl)NCc1ccccc1. The molecule has 2 rings (SSSR count). The van der Waals surface area contributed by atoms with Crippen LogP contribution in [-0.2, 0) is 27.0 Å². The van der Waals surface area contributed by atoms with Crippen molar-refractivity contribution in [1.29, 1.82) is 0 Å². The quantitative estimate of drug-likeness (QED) is 0.586. The second-order valence-corrected chi connectivity index (χ2v) is 5.84. The van der Waals surface area contributed by atoms with Gasteiger partial charge in [-0.3, -0.25) is 4.79 Å². The summed E-state index contributed by atoms with van der Waals surface area (Å²) in [4.78, 5) is 23.3. The van der Waals surface area contributed by atoms with Crippen molar-refractivity contribution in [3.05, 3.63) is 76.3 Å². The highest BCUT2D eigenvalue weighted by atomic mass is 35.5. The fourth-order valence-corrected chi connectivity index (χ4v) is 2.22. The third-order valence-corrected chi connectivity index (χ3v) is 3.74. The Morgan fingerprint density at radius 1 is 1.11 bits per heavy atom. The standard InChI is InChI=1S/C19H15ClF3NO3/c20-16-8-7-15(19(21,22)23)10-14(16)6-9-18(26)27-12-17(25)24-11-13-4-2-1-3-5-13/h1-10H,11-12H2,(H,24,25)/b9-6+. The number of hydrogen-bond acceptors (Lipinski definition) is 3. The first-order chi connectivity index (χ1) is 12.8. The summed E-state index contributed by atoms with van der Waals surface area (Å²) in [6, 6.07) is 11.9. The van der Waals surface area contributed by atoms with Crippen LogP contribution in [0.3, 0.4) is 0 Å². The molecular weight excluding hydrogens is 383 g/mol. The number of esters is 1. The van der Waals surface area contributed by atoms with Gasteiger partial charge in [-0.2, -0.15) is 13.2 Å². The summed E-state index contributed by atoms with van der Waals surface area (Å²) in [5.74, 6) is -1.38. The second kappa shape index (κ2) is 9.23. The third-order valence-electron chi connectivity index (χ3n) is 3.40. The Labute approximate surface area is 158 Å². The molecule has 0 aromatic heterocycles. The molecule has 27 heavy (non-hydrogen) atoms. The van der Waals surface area contributed by atoms with E-state index in [4.69, 9.17) is 16.3 Å². The zero-order chi connectivity index (χ0) is 19.9. The van der Waals surface area contributed by atoms with Crippen LogP contribution < -0.4 is 5.32 Å². The molecule has 2 aromatic rings. The molecule has 0 aliphatic heterocycles. The molecule has 2 aromatic carbocycles. The van der Waals surface area contributed by atoms with Gasteiger partial charge in [0.1, 0.15) is 0 Å². The lowest BCUT2D eigenvalue weighted by Crippen LogP contribution is -2.28. The zero-order valence-electron chi connectivity index (χ0n) is 13.9. The zero-order valence-corrected chi connectivity index (χ0v) is 14.7. The molecule has 0 saturated carbocycles. The predicted molar refractivity (Wildman–Crippen MR) is 94.7 cm³/mol. The smallest absolute Gasteiger partial charge is 0.416 e. The van der Waals surface area contributed by atoms with E-state index in [0.717, 1.165) is 35.9 Å². The van der Waals surface area contributed by atoms with Crippen molar-refractivity contribution in [1.82, 2.24) is 5.32 Å². The highest BCUT2D eigenvalue weighted by Gasteiger charge is 2.30. The van der Waals surface area contributed by atoms with Crippen LogP contribution in [-0.4, -0.2) is 18.5 Å². The van der Waals surface area contributed by atoms with Crippen molar-refractivity contribution < 1.29 is 27.5 Å². The van der Waals surface area contributed by atoms with Crippen LogP contribution in [0.25, 0.3) is 6.08 Å². The van der Waals surface area contributed by atoms with E-state index in [1.807, 2.05) is 30.3 Å². The lowest BCUT2D eigenvalue weighted by molar-refractivity contribution is -0.143. The summed E-state index contributed by atoms with van der Waals surface area (Å²) in [5.41, 5.74) is 0.00781. The monoisotopic (exact) mass is 397 g/mol. The molecule has 0 unspecified atom stereocenters. The third kappa shape index (κ3) is 6.79.